The fourth-order valence-corrected chi connectivity index (χ4v) is 1.72. The quantitative estimate of drug-likeness (QED) is 0.845. The molecule has 0 radical (unpaired) electrons. The van der Waals surface area contributed by atoms with Gasteiger partial charge in [0.15, 0.2) is 0 Å². The lowest BCUT2D eigenvalue weighted by Gasteiger charge is -2.26. The van der Waals surface area contributed by atoms with Crippen molar-refractivity contribution >= 4 is 11.6 Å². The molecule has 0 saturated carbocycles. The molecule has 0 aliphatic rings. The summed E-state index contributed by atoms with van der Waals surface area (Å²) in [5, 5.41) is 2.85. The highest BCUT2D eigenvalue weighted by atomic mass is 16.5. The molecular weight excluding hydrogens is 230 g/mol. The van der Waals surface area contributed by atoms with Crippen molar-refractivity contribution in [1.29, 1.82) is 0 Å². The minimum Gasteiger partial charge on any atom is -0.497 e. The first-order valence-electron chi connectivity index (χ1n) is 6.06. The Morgan fingerprint density at radius 2 is 1.89 bits per heavy atom. The summed E-state index contributed by atoms with van der Waals surface area (Å²) in [5.41, 5.74) is -0.0468. The molecule has 0 saturated heterocycles. The van der Waals surface area contributed by atoms with Crippen molar-refractivity contribution in [2.45, 2.75) is 32.3 Å². The fourth-order valence-electron chi connectivity index (χ4n) is 1.72. The number of ether oxygens (including phenoxy) is 2. The zero-order valence-electron chi connectivity index (χ0n) is 11.4. The highest BCUT2D eigenvalue weighted by molar-refractivity contribution is 5.97. The van der Waals surface area contributed by atoms with Gasteiger partial charge in [0.2, 0.25) is 0 Å². The maximum Gasteiger partial charge on any atom is 0.256 e. The van der Waals surface area contributed by atoms with Gasteiger partial charge in [0, 0.05) is 12.8 Å². The molecule has 0 aliphatic carbocycles. The number of carbonyl (C=O) groups excluding carboxylic acids is 1. The van der Waals surface area contributed by atoms with Crippen molar-refractivity contribution < 1.29 is 14.3 Å². The van der Waals surface area contributed by atoms with Gasteiger partial charge in [-0.3, -0.25) is 4.79 Å². The minimum atomic E-state index is -0.783. The van der Waals surface area contributed by atoms with Crippen LogP contribution < -0.4 is 10.1 Å². The molecule has 4 nitrogen and oxygen atoms in total. The van der Waals surface area contributed by atoms with Crippen LogP contribution in [0.1, 0.15) is 26.7 Å². The summed E-state index contributed by atoms with van der Waals surface area (Å²) in [6, 6.07) is 7.22. The van der Waals surface area contributed by atoms with Crippen molar-refractivity contribution in [1.82, 2.24) is 0 Å². The van der Waals surface area contributed by atoms with Gasteiger partial charge in [-0.2, -0.15) is 0 Å². The number of rotatable bonds is 6. The average molecular weight is 251 g/mol. The van der Waals surface area contributed by atoms with Crippen LogP contribution in [0.2, 0.25) is 0 Å². The van der Waals surface area contributed by atoms with Crippen LogP contribution in [0.3, 0.4) is 0 Å². The first-order chi connectivity index (χ1) is 8.55. The van der Waals surface area contributed by atoms with Gasteiger partial charge >= 0.3 is 0 Å². The molecule has 18 heavy (non-hydrogen) atoms. The summed E-state index contributed by atoms with van der Waals surface area (Å²) in [6.07, 6.45) is 1.58. The Balaban J connectivity index is 2.73. The van der Waals surface area contributed by atoms with E-state index in [-0.39, 0.29) is 5.91 Å². The molecule has 0 aromatic heterocycles. The van der Waals surface area contributed by atoms with E-state index in [1.165, 1.54) is 0 Å². The molecular formula is C14H21NO3. The molecule has 1 aromatic carbocycles. The Morgan fingerprint density at radius 1 is 1.28 bits per heavy atom. The van der Waals surface area contributed by atoms with Crippen LogP contribution in [0.15, 0.2) is 24.3 Å². The lowest BCUT2D eigenvalue weighted by atomic mass is 9.99. The average Bonchev–Trinajstić information content (AvgIpc) is 2.39. The number of nitrogens with one attached hydrogen (secondary N) is 1. The Bertz CT molecular complexity index is 389. The fraction of sp³-hybridized carbons (Fsp3) is 0.500. The second-order valence-electron chi connectivity index (χ2n) is 4.37. The number of hydrogen-bond donors (Lipinski definition) is 1. The maximum absolute atomic E-state index is 12.1. The standard InChI is InChI=1S/C14H21NO3/c1-5-10-14(2,18-4)13(16)15-11-6-8-12(17-3)9-7-11/h6-9H,5,10H2,1-4H3,(H,15,16)/t14-/m1/s1. The van der Waals surface area contributed by atoms with Crippen LogP contribution in [-0.2, 0) is 9.53 Å². The summed E-state index contributed by atoms with van der Waals surface area (Å²) in [6.45, 7) is 3.83. The van der Waals surface area contributed by atoms with Crippen LogP contribution >= 0.6 is 0 Å². The molecule has 0 heterocycles. The third-order valence-electron chi connectivity index (χ3n) is 3.01. The van der Waals surface area contributed by atoms with E-state index >= 15 is 0 Å². The molecule has 0 unspecified atom stereocenters. The molecule has 1 atom stereocenters. The van der Waals surface area contributed by atoms with E-state index in [1.54, 1.807) is 45.4 Å². The maximum atomic E-state index is 12.1. The number of benzene rings is 1. The Labute approximate surface area is 108 Å². The van der Waals surface area contributed by atoms with Gasteiger partial charge in [0.25, 0.3) is 5.91 Å². The summed E-state index contributed by atoms with van der Waals surface area (Å²) in [7, 11) is 3.17. The zero-order valence-corrected chi connectivity index (χ0v) is 11.4. The Morgan fingerprint density at radius 3 is 2.33 bits per heavy atom. The second-order valence-corrected chi connectivity index (χ2v) is 4.37. The third-order valence-corrected chi connectivity index (χ3v) is 3.01. The Kier molecular flexibility index (Phi) is 5.16. The van der Waals surface area contributed by atoms with E-state index in [0.29, 0.717) is 6.42 Å². The number of anilines is 1. The zero-order chi connectivity index (χ0) is 13.6. The van der Waals surface area contributed by atoms with E-state index in [4.69, 9.17) is 9.47 Å². The molecule has 0 aliphatic heterocycles. The second kappa shape index (κ2) is 6.40. The molecule has 0 fully saturated rings. The van der Waals surface area contributed by atoms with E-state index in [2.05, 4.69) is 5.32 Å². The van der Waals surface area contributed by atoms with Crippen molar-refractivity contribution in [3.8, 4) is 5.75 Å². The van der Waals surface area contributed by atoms with Gasteiger partial charge in [0.05, 0.1) is 7.11 Å². The number of hydrogen-bond acceptors (Lipinski definition) is 3. The molecule has 100 valence electrons. The van der Waals surface area contributed by atoms with Crippen LogP contribution in [0.4, 0.5) is 5.69 Å². The van der Waals surface area contributed by atoms with Crippen LogP contribution in [0.25, 0.3) is 0 Å². The van der Waals surface area contributed by atoms with E-state index < -0.39 is 5.60 Å². The summed E-state index contributed by atoms with van der Waals surface area (Å²) < 4.78 is 10.4. The number of methoxy groups -OCH3 is 2. The molecule has 1 aromatic rings. The predicted octanol–water partition coefficient (Wildman–Crippen LogP) is 2.84. The molecule has 0 spiro atoms. The van der Waals surface area contributed by atoms with Crippen molar-refractivity contribution in [2.75, 3.05) is 19.5 Å². The molecule has 1 amide bonds. The smallest absolute Gasteiger partial charge is 0.256 e. The molecule has 4 heteroatoms. The number of carbonyl (C=O) groups is 1. The Hall–Kier alpha value is -1.55. The van der Waals surface area contributed by atoms with Crippen LogP contribution in [-0.4, -0.2) is 25.7 Å². The highest BCUT2D eigenvalue weighted by Crippen LogP contribution is 2.21. The topological polar surface area (TPSA) is 47.6 Å². The van der Waals surface area contributed by atoms with Gasteiger partial charge < -0.3 is 14.8 Å². The van der Waals surface area contributed by atoms with Gasteiger partial charge in [-0.25, -0.2) is 0 Å². The largest absolute Gasteiger partial charge is 0.497 e. The predicted molar refractivity (Wildman–Crippen MR) is 71.9 cm³/mol. The SMILES string of the molecule is CCC[C@@](C)(OC)C(=O)Nc1ccc(OC)cc1. The van der Waals surface area contributed by atoms with Gasteiger partial charge in [0.1, 0.15) is 11.4 Å². The first kappa shape index (κ1) is 14.5. The highest BCUT2D eigenvalue weighted by Gasteiger charge is 2.31. The van der Waals surface area contributed by atoms with E-state index in [9.17, 15) is 4.79 Å². The van der Waals surface area contributed by atoms with Crippen molar-refractivity contribution in [2.24, 2.45) is 0 Å². The summed E-state index contributed by atoms with van der Waals surface area (Å²) in [5.74, 6) is 0.632. The third kappa shape index (κ3) is 3.47. The summed E-state index contributed by atoms with van der Waals surface area (Å²) >= 11 is 0. The van der Waals surface area contributed by atoms with Crippen LogP contribution in [0, 0.1) is 0 Å². The van der Waals surface area contributed by atoms with Crippen molar-refractivity contribution in [3.63, 3.8) is 0 Å². The van der Waals surface area contributed by atoms with Gasteiger partial charge in [-0.05, 0) is 37.6 Å². The summed E-state index contributed by atoms with van der Waals surface area (Å²) in [4.78, 5) is 12.1. The monoisotopic (exact) mass is 251 g/mol. The molecule has 1 rings (SSSR count). The number of amides is 1. The van der Waals surface area contributed by atoms with Gasteiger partial charge in [-0.15, -0.1) is 0 Å². The normalized spacial score (nSPS) is 13.8. The lowest BCUT2D eigenvalue weighted by molar-refractivity contribution is -0.136. The molecule has 1 N–H and O–H groups in total. The van der Waals surface area contributed by atoms with E-state index in [1.807, 2.05) is 6.92 Å². The minimum absolute atomic E-state index is 0.128. The lowest BCUT2D eigenvalue weighted by Crippen LogP contribution is -2.41. The first-order valence-corrected chi connectivity index (χ1v) is 6.06. The molecule has 0 bridgehead atoms. The van der Waals surface area contributed by atoms with E-state index in [0.717, 1.165) is 17.9 Å². The van der Waals surface area contributed by atoms with Crippen LogP contribution in [0.5, 0.6) is 5.75 Å². The van der Waals surface area contributed by atoms with Crippen molar-refractivity contribution in [3.05, 3.63) is 24.3 Å². The van der Waals surface area contributed by atoms with Gasteiger partial charge in [-0.1, -0.05) is 13.3 Å².